The van der Waals surface area contributed by atoms with Gasteiger partial charge in [0.05, 0.1) is 0 Å². The summed E-state index contributed by atoms with van der Waals surface area (Å²) in [4.78, 5) is 0. The number of rotatable bonds is 16. The van der Waals surface area contributed by atoms with E-state index in [0.29, 0.717) is 0 Å². The van der Waals surface area contributed by atoms with E-state index in [2.05, 4.69) is 86.6 Å². The van der Waals surface area contributed by atoms with Crippen LogP contribution in [0.2, 0.25) is 0 Å². The molecule has 0 N–H and O–H groups in total. The van der Waals surface area contributed by atoms with Gasteiger partial charge >= 0.3 is 0 Å². The van der Waals surface area contributed by atoms with E-state index in [4.69, 9.17) is 0 Å². The summed E-state index contributed by atoms with van der Waals surface area (Å²) < 4.78 is 0. The van der Waals surface area contributed by atoms with Gasteiger partial charge in [-0.25, -0.2) is 0 Å². The Bertz CT molecular complexity index is 1410. The zero-order valence-corrected chi connectivity index (χ0v) is 25.2. The van der Waals surface area contributed by atoms with Crippen LogP contribution < -0.4 is 0 Å². The topological polar surface area (TPSA) is 0 Å². The molecule has 0 heterocycles. The van der Waals surface area contributed by atoms with Crippen LogP contribution >= 0.6 is 0 Å². The minimum atomic E-state index is 1.20. The maximum absolute atomic E-state index is 2.43. The summed E-state index contributed by atoms with van der Waals surface area (Å²) in [5.74, 6) is 0. The first-order chi connectivity index (χ1) is 19.8. The van der Waals surface area contributed by atoms with Crippen molar-refractivity contribution in [3.05, 3.63) is 83.9 Å². The summed E-state index contributed by atoms with van der Waals surface area (Å²) in [6.45, 7) is 4.58. The van der Waals surface area contributed by atoms with Gasteiger partial charge in [0.1, 0.15) is 0 Å². The molecule has 0 saturated heterocycles. The van der Waals surface area contributed by atoms with Crippen molar-refractivity contribution >= 4 is 43.1 Å². The molecule has 0 nitrogen and oxygen atoms in total. The lowest BCUT2D eigenvalue weighted by molar-refractivity contribution is 0.589. The smallest absolute Gasteiger partial charge is 0.00987 e. The third-order valence-electron chi connectivity index (χ3n) is 9.10. The number of benzene rings is 5. The lowest BCUT2D eigenvalue weighted by Crippen LogP contribution is -1.89. The molecular formula is C40H50. The summed E-state index contributed by atoms with van der Waals surface area (Å²) >= 11 is 0. The van der Waals surface area contributed by atoms with E-state index < -0.39 is 0 Å². The summed E-state index contributed by atoms with van der Waals surface area (Å²) in [6, 6.07) is 28.5. The fraction of sp³-hybridized carbons (Fsp3) is 0.450. The van der Waals surface area contributed by atoms with Gasteiger partial charge in [0.2, 0.25) is 0 Å². The molecule has 5 rings (SSSR count). The molecular weight excluding hydrogens is 480 g/mol. The number of unbranched alkanes of at least 4 members (excludes halogenated alkanes) is 12. The van der Waals surface area contributed by atoms with Crippen LogP contribution in [0.5, 0.6) is 0 Å². The fourth-order valence-corrected chi connectivity index (χ4v) is 6.69. The lowest BCUT2D eigenvalue weighted by atomic mass is 9.92. The molecule has 0 unspecified atom stereocenters. The van der Waals surface area contributed by atoms with Gasteiger partial charge in [0, 0.05) is 0 Å². The third kappa shape index (κ3) is 7.06. The SMILES string of the molecule is CCCCCCCCCc1ccc2c(ccc3c2ccc2c4ccc(CCCCCCCCC)cc4ccc23)c1. The first kappa shape index (κ1) is 28.7. The van der Waals surface area contributed by atoms with Crippen molar-refractivity contribution in [2.45, 2.75) is 117 Å². The first-order valence-corrected chi connectivity index (χ1v) is 16.6. The number of fused-ring (bicyclic) bond motifs is 7. The van der Waals surface area contributed by atoms with Crippen molar-refractivity contribution in [2.24, 2.45) is 0 Å². The van der Waals surface area contributed by atoms with E-state index in [-0.39, 0.29) is 0 Å². The van der Waals surface area contributed by atoms with Crippen LogP contribution in [-0.4, -0.2) is 0 Å². The van der Waals surface area contributed by atoms with Crippen molar-refractivity contribution < 1.29 is 0 Å². The van der Waals surface area contributed by atoms with E-state index in [1.54, 1.807) is 0 Å². The molecule has 5 aromatic carbocycles. The van der Waals surface area contributed by atoms with Crippen molar-refractivity contribution in [3.8, 4) is 0 Å². The normalized spacial score (nSPS) is 11.8. The summed E-state index contributed by atoms with van der Waals surface area (Å²) in [7, 11) is 0. The van der Waals surface area contributed by atoms with Gasteiger partial charge in [0.25, 0.3) is 0 Å². The largest absolute Gasteiger partial charge is 0.0654 e. The molecule has 0 fully saturated rings. The molecule has 0 heteroatoms. The van der Waals surface area contributed by atoms with E-state index in [1.807, 2.05) is 0 Å². The Morgan fingerprint density at radius 2 is 0.650 bits per heavy atom. The second-order valence-electron chi connectivity index (χ2n) is 12.2. The van der Waals surface area contributed by atoms with Crippen LogP contribution in [-0.2, 0) is 12.8 Å². The predicted molar refractivity (Wildman–Crippen MR) is 180 cm³/mol. The summed E-state index contributed by atoms with van der Waals surface area (Å²) in [6.07, 6.45) is 21.6. The molecule has 0 bridgehead atoms. The van der Waals surface area contributed by atoms with Gasteiger partial charge in [-0.1, -0.05) is 164 Å². The van der Waals surface area contributed by atoms with E-state index in [9.17, 15) is 0 Å². The first-order valence-electron chi connectivity index (χ1n) is 16.6. The monoisotopic (exact) mass is 530 g/mol. The average Bonchev–Trinajstić information content (AvgIpc) is 2.99. The molecule has 0 aliphatic heterocycles. The van der Waals surface area contributed by atoms with Crippen LogP contribution in [0.3, 0.4) is 0 Å². The van der Waals surface area contributed by atoms with Crippen molar-refractivity contribution in [3.63, 3.8) is 0 Å². The number of aryl methyl sites for hydroxylation is 2. The van der Waals surface area contributed by atoms with Crippen LogP contribution in [0, 0.1) is 0 Å². The highest BCUT2D eigenvalue weighted by molar-refractivity contribution is 6.22. The van der Waals surface area contributed by atoms with E-state index >= 15 is 0 Å². The van der Waals surface area contributed by atoms with Gasteiger partial charge < -0.3 is 0 Å². The summed E-state index contributed by atoms with van der Waals surface area (Å²) in [5, 5.41) is 11.0. The molecule has 0 radical (unpaired) electrons. The van der Waals surface area contributed by atoms with Crippen LogP contribution in [0.1, 0.15) is 115 Å². The van der Waals surface area contributed by atoms with Gasteiger partial charge in [0.15, 0.2) is 0 Å². The van der Waals surface area contributed by atoms with Crippen molar-refractivity contribution in [1.29, 1.82) is 0 Å². The Morgan fingerprint density at radius 1 is 0.325 bits per heavy atom. The minimum Gasteiger partial charge on any atom is -0.0654 e. The lowest BCUT2D eigenvalue weighted by Gasteiger charge is -2.12. The van der Waals surface area contributed by atoms with Crippen LogP contribution in [0.25, 0.3) is 43.1 Å². The molecule has 5 aromatic rings. The Balaban J connectivity index is 1.28. The zero-order valence-electron chi connectivity index (χ0n) is 25.2. The molecule has 0 spiro atoms. The minimum absolute atomic E-state index is 1.20. The highest BCUT2D eigenvalue weighted by Crippen LogP contribution is 2.35. The molecule has 0 saturated carbocycles. The Morgan fingerprint density at radius 3 is 1.07 bits per heavy atom. The molecule has 0 amide bonds. The molecule has 0 aromatic heterocycles. The van der Waals surface area contributed by atoms with E-state index in [0.717, 1.165) is 0 Å². The molecule has 40 heavy (non-hydrogen) atoms. The van der Waals surface area contributed by atoms with Crippen LogP contribution in [0.4, 0.5) is 0 Å². The Labute approximate surface area is 243 Å². The van der Waals surface area contributed by atoms with Gasteiger partial charge in [-0.3, -0.25) is 0 Å². The molecule has 0 atom stereocenters. The molecule has 210 valence electrons. The second-order valence-corrected chi connectivity index (χ2v) is 12.2. The van der Waals surface area contributed by atoms with Crippen LogP contribution in [0.15, 0.2) is 72.8 Å². The standard InChI is InChI=1S/C40H50/c1-3-5-7-9-11-13-15-17-31-19-23-35-33(29-31)21-25-39-37(35)27-28-38-36-24-20-32(30-34(36)22-26-40(38)39)18-16-14-12-10-8-6-4-2/h19-30H,3-18H2,1-2H3. The third-order valence-corrected chi connectivity index (χ3v) is 9.10. The highest BCUT2D eigenvalue weighted by Gasteiger charge is 2.09. The van der Waals surface area contributed by atoms with Gasteiger partial charge in [-0.05, 0) is 79.9 Å². The maximum atomic E-state index is 2.43. The number of hydrogen-bond donors (Lipinski definition) is 0. The van der Waals surface area contributed by atoms with Gasteiger partial charge in [-0.15, -0.1) is 0 Å². The van der Waals surface area contributed by atoms with E-state index in [1.165, 1.54) is 157 Å². The highest BCUT2D eigenvalue weighted by atomic mass is 14.1. The number of hydrogen-bond acceptors (Lipinski definition) is 0. The zero-order chi connectivity index (χ0) is 27.6. The summed E-state index contributed by atoms with van der Waals surface area (Å²) in [5.41, 5.74) is 2.97. The maximum Gasteiger partial charge on any atom is -0.00987 e. The Hall–Kier alpha value is -2.86. The molecule has 0 aliphatic rings. The average molecular weight is 531 g/mol. The van der Waals surface area contributed by atoms with Crippen molar-refractivity contribution in [2.75, 3.05) is 0 Å². The van der Waals surface area contributed by atoms with Crippen molar-refractivity contribution in [1.82, 2.24) is 0 Å². The molecule has 0 aliphatic carbocycles. The fourth-order valence-electron chi connectivity index (χ4n) is 6.69. The quantitative estimate of drug-likeness (QED) is 0.0879. The van der Waals surface area contributed by atoms with Gasteiger partial charge in [-0.2, -0.15) is 0 Å². The second kappa shape index (κ2) is 14.7. The predicted octanol–water partition coefficient (Wildman–Crippen LogP) is 12.9. The Kier molecular flexibility index (Phi) is 10.5.